The van der Waals surface area contributed by atoms with Crippen molar-refractivity contribution in [2.45, 2.75) is 0 Å². The first-order valence-electron chi connectivity index (χ1n) is 7.26. The van der Waals surface area contributed by atoms with Crippen LogP contribution < -0.4 is 4.74 Å². The van der Waals surface area contributed by atoms with E-state index in [2.05, 4.69) is 0 Å². The van der Waals surface area contributed by atoms with Crippen molar-refractivity contribution in [2.75, 3.05) is 0 Å². The van der Waals surface area contributed by atoms with Crippen LogP contribution >= 0.6 is 0 Å². The first kappa shape index (κ1) is 15.4. The van der Waals surface area contributed by atoms with Gasteiger partial charge < -0.3 is 4.74 Å². The van der Waals surface area contributed by atoms with Crippen LogP contribution in [0.2, 0.25) is 0 Å². The van der Waals surface area contributed by atoms with Gasteiger partial charge in [0.15, 0.2) is 0 Å². The smallest absolute Gasteiger partial charge is 0.343 e. The van der Waals surface area contributed by atoms with Crippen molar-refractivity contribution in [3.63, 3.8) is 0 Å². The normalized spacial score (nSPS) is 10.2. The van der Waals surface area contributed by atoms with E-state index < -0.39 is 10.9 Å². The Bertz CT molecular complexity index is 891. The van der Waals surface area contributed by atoms with Crippen molar-refractivity contribution in [1.29, 1.82) is 0 Å². The number of carbonyl (C=O) groups is 1. The molecular formula is C19H13NO4. The van der Waals surface area contributed by atoms with Gasteiger partial charge in [0.1, 0.15) is 5.75 Å². The SMILES string of the molecule is O=C(Oc1ccccc1-c1ccccc1)c1cccc([N+](=O)[O-])c1. The van der Waals surface area contributed by atoms with Crippen LogP contribution in [0.5, 0.6) is 5.75 Å². The Balaban J connectivity index is 1.91. The van der Waals surface area contributed by atoms with Crippen molar-refractivity contribution < 1.29 is 14.5 Å². The third-order valence-electron chi connectivity index (χ3n) is 3.47. The highest BCUT2D eigenvalue weighted by Crippen LogP contribution is 2.30. The summed E-state index contributed by atoms with van der Waals surface area (Å²) in [6.45, 7) is 0. The second kappa shape index (κ2) is 6.75. The zero-order valence-electron chi connectivity index (χ0n) is 12.6. The van der Waals surface area contributed by atoms with Gasteiger partial charge in [-0.3, -0.25) is 10.1 Å². The molecule has 0 aromatic heterocycles. The number of para-hydroxylation sites is 1. The Morgan fingerprint density at radius 1 is 0.875 bits per heavy atom. The molecule has 0 bridgehead atoms. The molecule has 0 radical (unpaired) electrons. The predicted molar refractivity (Wildman–Crippen MR) is 89.9 cm³/mol. The lowest BCUT2D eigenvalue weighted by molar-refractivity contribution is -0.384. The van der Waals surface area contributed by atoms with Crippen LogP contribution in [0.3, 0.4) is 0 Å². The van der Waals surface area contributed by atoms with Gasteiger partial charge in [-0.2, -0.15) is 0 Å². The summed E-state index contributed by atoms with van der Waals surface area (Å²) in [5.41, 5.74) is 1.67. The monoisotopic (exact) mass is 319 g/mol. The lowest BCUT2D eigenvalue weighted by atomic mass is 10.0. The summed E-state index contributed by atoms with van der Waals surface area (Å²) in [6, 6.07) is 22.2. The number of nitro groups is 1. The van der Waals surface area contributed by atoms with Crippen LogP contribution in [0.1, 0.15) is 10.4 Å². The van der Waals surface area contributed by atoms with Crippen LogP contribution in [0, 0.1) is 10.1 Å². The van der Waals surface area contributed by atoms with E-state index in [1.54, 1.807) is 12.1 Å². The number of non-ortho nitro benzene ring substituents is 1. The number of benzene rings is 3. The molecule has 24 heavy (non-hydrogen) atoms. The van der Waals surface area contributed by atoms with E-state index in [1.807, 2.05) is 42.5 Å². The molecule has 118 valence electrons. The van der Waals surface area contributed by atoms with Crippen molar-refractivity contribution in [3.05, 3.63) is 94.5 Å². The molecule has 3 aromatic carbocycles. The van der Waals surface area contributed by atoms with Gasteiger partial charge in [-0.25, -0.2) is 4.79 Å². The molecule has 0 heterocycles. The van der Waals surface area contributed by atoms with E-state index in [0.29, 0.717) is 5.75 Å². The van der Waals surface area contributed by atoms with E-state index >= 15 is 0 Å². The molecule has 3 aromatic rings. The summed E-state index contributed by atoms with van der Waals surface area (Å²) >= 11 is 0. The lowest BCUT2D eigenvalue weighted by Gasteiger charge is -2.10. The number of carbonyl (C=O) groups excluding carboxylic acids is 1. The van der Waals surface area contributed by atoms with Crippen molar-refractivity contribution in [1.82, 2.24) is 0 Å². The highest BCUT2D eigenvalue weighted by atomic mass is 16.6. The summed E-state index contributed by atoms with van der Waals surface area (Å²) in [7, 11) is 0. The average Bonchev–Trinajstić information content (AvgIpc) is 2.63. The molecule has 0 spiro atoms. The predicted octanol–water partition coefficient (Wildman–Crippen LogP) is 4.48. The van der Waals surface area contributed by atoms with Crippen molar-refractivity contribution >= 4 is 11.7 Å². The number of ether oxygens (including phenoxy) is 1. The summed E-state index contributed by atoms with van der Waals surface area (Å²) in [6.07, 6.45) is 0. The fourth-order valence-corrected chi connectivity index (χ4v) is 2.32. The Morgan fingerprint density at radius 3 is 2.33 bits per heavy atom. The van der Waals surface area contributed by atoms with Gasteiger partial charge in [0.05, 0.1) is 10.5 Å². The number of rotatable bonds is 4. The zero-order chi connectivity index (χ0) is 16.9. The average molecular weight is 319 g/mol. The summed E-state index contributed by atoms with van der Waals surface area (Å²) in [4.78, 5) is 22.6. The highest BCUT2D eigenvalue weighted by molar-refractivity contribution is 5.92. The highest BCUT2D eigenvalue weighted by Gasteiger charge is 2.15. The third kappa shape index (κ3) is 3.30. The van der Waals surface area contributed by atoms with Crippen LogP contribution in [0.15, 0.2) is 78.9 Å². The van der Waals surface area contributed by atoms with Gasteiger partial charge in [0, 0.05) is 17.7 Å². The molecule has 5 heteroatoms. The molecule has 0 saturated carbocycles. The topological polar surface area (TPSA) is 69.4 Å². The summed E-state index contributed by atoms with van der Waals surface area (Å²) in [5, 5.41) is 10.8. The molecule has 0 aliphatic rings. The number of hydrogen-bond donors (Lipinski definition) is 0. The van der Waals surface area contributed by atoms with Crippen molar-refractivity contribution in [2.24, 2.45) is 0 Å². The number of nitrogens with zero attached hydrogens (tertiary/aromatic N) is 1. The lowest BCUT2D eigenvalue weighted by Crippen LogP contribution is -2.09. The largest absolute Gasteiger partial charge is 0.422 e. The Labute approximate surface area is 138 Å². The van der Waals surface area contributed by atoms with Crippen molar-refractivity contribution in [3.8, 4) is 16.9 Å². The van der Waals surface area contributed by atoms with Crippen LogP contribution in [0.25, 0.3) is 11.1 Å². The minimum absolute atomic E-state index is 0.132. The third-order valence-corrected chi connectivity index (χ3v) is 3.47. The van der Waals surface area contributed by atoms with Gasteiger partial charge in [0.25, 0.3) is 5.69 Å². The molecule has 0 aliphatic carbocycles. The molecule has 5 nitrogen and oxygen atoms in total. The molecule has 0 N–H and O–H groups in total. The first-order valence-corrected chi connectivity index (χ1v) is 7.26. The second-order valence-electron chi connectivity index (χ2n) is 5.06. The molecular weight excluding hydrogens is 306 g/mol. The fourth-order valence-electron chi connectivity index (χ4n) is 2.32. The Kier molecular flexibility index (Phi) is 4.34. The van der Waals surface area contributed by atoms with Gasteiger partial charge in [-0.15, -0.1) is 0 Å². The van der Waals surface area contributed by atoms with E-state index in [9.17, 15) is 14.9 Å². The molecule has 3 rings (SSSR count). The van der Waals surface area contributed by atoms with Crippen LogP contribution in [-0.2, 0) is 0 Å². The molecule has 0 amide bonds. The van der Waals surface area contributed by atoms with E-state index in [-0.39, 0.29) is 11.3 Å². The standard InChI is InChI=1S/C19H13NO4/c21-19(15-9-6-10-16(13-15)20(22)23)24-18-12-5-4-11-17(18)14-7-2-1-3-8-14/h1-13H. The van der Waals surface area contributed by atoms with Gasteiger partial charge in [-0.1, -0.05) is 54.6 Å². The van der Waals surface area contributed by atoms with E-state index in [4.69, 9.17) is 4.74 Å². The second-order valence-corrected chi connectivity index (χ2v) is 5.06. The van der Waals surface area contributed by atoms with Crippen LogP contribution in [-0.4, -0.2) is 10.9 Å². The van der Waals surface area contributed by atoms with Gasteiger partial charge in [0.2, 0.25) is 0 Å². The maximum Gasteiger partial charge on any atom is 0.343 e. The maximum absolute atomic E-state index is 12.3. The Morgan fingerprint density at radius 2 is 1.58 bits per heavy atom. The van der Waals surface area contributed by atoms with Gasteiger partial charge in [-0.05, 0) is 17.7 Å². The minimum atomic E-state index is -0.637. The summed E-state index contributed by atoms with van der Waals surface area (Å²) < 4.78 is 5.46. The number of hydrogen-bond acceptors (Lipinski definition) is 4. The van der Waals surface area contributed by atoms with E-state index in [0.717, 1.165) is 11.1 Å². The first-order chi connectivity index (χ1) is 11.6. The number of esters is 1. The molecule has 0 fully saturated rings. The molecule has 0 saturated heterocycles. The summed E-state index contributed by atoms with van der Waals surface area (Å²) in [5.74, 6) is -0.234. The molecule has 0 unspecified atom stereocenters. The van der Waals surface area contributed by atoms with Gasteiger partial charge >= 0.3 is 5.97 Å². The quantitative estimate of drug-likeness (QED) is 0.308. The number of nitro benzene ring substituents is 1. The maximum atomic E-state index is 12.3. The van der Waals surface area contributed by atoms with Crippen LogP contribution in [0.4, 0.5) is 5.69 Å². The Hall–Kier alpha value is -3.47. The zero-order valence-corrected chi connectivity index (χ0v) is 12.6. The molecule has 0 aliphatic heterocycles. The minimum Gasteiger partial charge on any atom is -0.422 e. The molecule has 0 atom stereocenters. The fraction of sp³-hybridized carbons (Fsp3) is 0. The van der Waals surface area contributed by atoms with E-state index in [1.165, 1.54) is 24.3 Å².